The minimum atomic E-state index is -4.39. The van der Waals surface area contributed by atoms with Gasteiger partial charge >= 0.3 is 6.18 Å². The SMILES string of the molecule is CSCC(C)(O)CNC(=O)C(C)Cc1cccc(C(F)(F)F)c1. The van der Waals surface area contributed by atoms with Gasteiger partial charge in [0.15, 0.2) is 0 Å². The number of alkyl halides is 3. The number of halogens is 3. The van der Waals surface area contributed by atoms with Crippen LogP contribution >= 0.6 is 11.8 Å². The van der Waals surface area contributed by atoms with E-state index < -0.39 is 23.3 Å². The summed E-state index contributed by atoms with van der Waals surface area (Å²) in [5, 5.41) is 12.6. The van der Waals surface area contributed by atoms with E-state index in [0.29, 0.717) is 11.3 Å². The standard InChI is InChI=1S/C16H22F3NO2S/c1-11(14(21)20-9-15(2,22)10-23-3)7-12-5-4-6-13(8-12)16(17,18)19/h4-6,8,11,22H,7,9-10H2,1-3H3,(H,20,21). The van der Waals surface area contributed by atoms with Gasteiger partial charge in [0, 0.05) is 18.2 Å². The van der Waals surface area contributed by atoms with Gasteiger partial charge in [-0.3, -0.25) is 4.79 Å². The fraction of sp³-hybridized carbons (Fsp3) is 0.562. The largest absolute Gasteiger partial charge is 0.416 e. The molecule has 2 N–H and O–H groups in total. The first-order chi connectivity index (χ1) is 10.5. The van der Waals surface area contributed by atoms with E-state index in [0.717, 1.165) is 12.1 Å². The number of aliphatic hydroxyl groups is 1. The minimum absolute atomic E-state index is 0.111. The van der Waals surface area contributed by atoms with Crippen molar-refractivity contribution in [1.29, 1.82) is 0 Å². The van der Waals surface area contributed by atoms with Crippen LogP contribution in [0.1, 0.15) is 25.0 Å². The maximum atomic E-state index is 12.7. The summed E-state index contributed by atoms with van der Waals surface area (Å²) in [5.74, 6) is -0.290. The zero-order valence-electron chi connectivity index (χ0n) is 13.4. The highest BCUT2D eigenvalue weighted by Crippen LogP contribution is 2.30. The molecule has 3 nitrogen and oxygen atoms in total. The van der Waals surface area contributed by atoms with Crippen molar-refractivity contribution in [3.8, 4) is 0 Å². The molecule has 7 heteroatoms. The Hall–Kier alpha value is -1.21. The molecule has 1 amide bonds. The maximum Gasteiger partial charge on any atom is 0.416 e. The van der Waals surface area contributed by atoms with Gasteiger partial charge in [0.1, 0.15) is 0 Å². The van der Waals surface area contributed by atoms with Crippen molar-refractivity contribution < 1.29 is 23.1 Å². The molecular weight excluding hydrogens is 327 g/mol. The van der Waals surface area contributed by atoms with E-state index in [9.17, 15) is 23.1 Å². The number of benzene rings is 1. The molecule has 0 spiro atoms. The van der Waals surface area contributed by atoms with Crippen molar-refractivity contribution in [3.05, 3.63) is 35.4 Å². The van der Waals surface area contributed by atoms with Crippen molar-refractivity contribution in [2.75, 3.05) is 18.6 Å². The summed E-state index contributed by atoms with van der Waals surface area (Å²) >= 11 is 1.47. The van der Waals surface area contributed by atoms with E-state index in [1.54, 1.807) is 19.9 Å². The smallest absolute Gasteiger partial charge is 0.387 e. The third-order valence-electron chi connectivity index (χ3n) is 3.34. The van der Waals surface area contributed by atoms with Crippen LogP contribution in [0.5, 0.6) is 0 Å². The van der Waals surface area contributed by atoms with Crippen LogP contribution in [-0.2, 0) is 17.4 Å². The lowest BCUT2D eigenvalue weighted by atomic mass is 9.98. The minimum Gasteiger partial charge on any atom is -0.387 e. The summed E-state index contributed by atoms with van der Waals surface area (Å²) in [6.45, 7) is 3.39. The Labute approximate surface area is 138 Å². The molecule has 1 aromatic carbocycles. The van der Waals surface area contributed by atoms with E-state index in [2.05, 4.69) is 5.32 Å². The third kappa shape index (κ3) is 6.83. The Morgan fingerprint density at radius 3 is 2.61 bits per heavy atom. The molecule has 1 aromatic rings. The van der Waals surface area contributed by atoms with Gasteiger partial charge < -0.3 is 10.4 Å². The summed E-state index contributed by atoms with van der Waals surface area (Å²) in [7, 11) is 0. The number of hydrogen-bond donors (Lipinski definition) is 2. The van der Waals surface area contributed by atoms with Crippen LogP contribution in [-0.4, -0.2) is 35.2 Å². The van der Waals surface area contributed by atoms with Crippen LogP contribution in [0.15, 0.2) is 24.3 Å². The van der Waals surface area contributed by atoms with Gasteiger partial charge in [-0.15, -0.1) is 0 Å². The summed E-state index contributed by atoms with van der Waals surface area (Å²) in [5.41, 5.74) is -1.27. The number of thioether (sulfide) groups is 1. The fourth-order valence-corrected chi connectivity index (χ4v) is 2.86. The van der Waals surface area contributed by atoms with E-state index in [1.165, 1.54) is 17.8 Å². The Balaban J connectivity index is 2.62. The molecule has 0 aliphatic carbocycles. The third-order valence-corrected chi connectivity index (χ3v) is 4.25. The second-order valence-electron chi connectivity index (χ2n) is 5.95. The Morgan fingerprint density at radius 1 is 1.39 bits per heavy atom. The van der Waals surface area contributed by atoms with E-state index in [1.807, 2.05) is 6.26 Å². The first-order valence-corrected chi connectivity index (χ1v) is 8.60. The van der Waals surface area contributed by atoms with Crippen LogP contribution in [0, 0.1) is 5.92 Å². The molecule has 0 heterocycles. The predicted octanol–water partition coefficient (Wildman–Crippen LogP) is 3.11. The van der Waals surface area contributed by atoms with Gasteiger partial charge in [0.25, 0.3) is 0 Å². The van der Waals surface area contributed by atoms with Gasteiger partial charge in [0.05, 0.1) is 11.2 Å². The first kappa shape index (κ1) is 19.8. The Bertz CT molecular complexity index is 532. The molecule has 0 saturated heterocycles. The zero-order chi connectivity index (χ0) is 17.7. The molecule has 0 aromatic heterocycles. The Morgan fingerprint density at radius 2 is 2.04 bits per heavy atom. The normalized spacial score (nSPS) is 15.8. The maximum absolute atomic E-state index is 12.7. The second-order valence-corrected chi connectivity index (χ2v) is 6.82. The highest BCUT2D eigenvalue weighted by Gasteiger charge is 2.30. The number of hydrogen-bond acceptors (Lipinski definition) is 3. The predicted molar refractivity (Wildman–Crippen MR) is 86.3 cm³/mol. The van der Waals surface area contributed by atoms with Crippen molar-refractivity contribution in [3.63, 3.8) is 0 Å². The monoisotopic (exact) mass is 349 g/mol. The highest BCUT2D eigenvalue weighted by atomic mass is 32.2. The number of carbonyl (C=O) groups is 1. The number of carbonyl (C=O) groups excluding carboxylic acids is 1. The molecular formula is C16H22F3NO2S. The molecule has 2 atom stereocenters. The molecule has 23 heavy (non-hydrogen) atoms. The topological polar surface area (TPSA) is 49.3 Å². The summed E-state index contributed by atoms with van der Waals surface area (Å²) in [4.78, 5) is 12.0. The van der Waals surface area contributed by atoms with Gasteiger partial charge in [-0.2, -0.15) is 24.9 Å². The number of amides is 1. The quantitative estimate of drug-likeness (QED) is 0.795. The second kappa shape index (κ2) is 8.06. The molecule has 2 unspecified atom stereocenters. The lowest BCUT2D eigenvalue weighted by Crippen LogP contribution is -2.44. The van der Waals surface area contributed by atoms with Gasteiger partial charge in [-0.05, 0) is 31.2 Å². The van der Waals surface area contributed by atoms with E-state index in [4.69, 9.17) is 0 Å². The molecule has 0 radical (unpaired) electrons. The van der Waals surface area contributed by atoms with Crippen molar-refractivity contribution in [2.24, 2.45) is 5.92 Å². The molecule has 0 bridgehead atoms. The van der Waals surface area contributed by atoms with E-state index in [-0.39, 0.29) is 18.9 Å². The molecule has 0 aliphatic rings. The van der Waals surface area contributed by atoms with E-state index >= 15 is 0 Å². The van der Waals surface area contributed by atoms with Crippen molar-refractivity contribution in [1.82, 2.24) is 5.32 Å². The summed E-state index contributed by atoms with van der Waals surface area (Å²) in [6.07, 6.45) is -2.33. The molecule has 1 rings (SSSR count). The number of nitrogens with one attached hydrogen (secondary N) is 1. The van der Waals surface area contributed by atoms with Crippen LogP contribution in [0.4, 0.5) is 13.2 Å². The lowest BCUT2D eigenvalue weighted by Gasteiger charge is -2.23. The van der Waals surface area contributed by atoms with Crippen LogP contribution in [0.3, 0.4) is 0 Å². The summed E-state index contributed by atoms with van der Waals surface area (Å²) < 4.78 is 38.0. The molecule has 0 fully saturated rings. The van der Waals surface area contributed by atoms with Crippen LogP contribution in [0.2, 0.25) is 0 Å². The van der Waals surface area contributed by atoms with Crippen LogP contribution in [0.25, 0.3) is 0 Å². The first-order valence-electron chi connectivity index (χ1n) is 7.20. The molecule has 130 valence electrons. The zero-order valence-corrected chi connectivity index (χ0v) is 14.2. The van der Waals surface area contributed by atoms with Gasteiger partial charge in [0.2, 0.25) is 5.91 Å². The highest BCUT2D eigenvalue weighted by molar-refractivity contribution is 7.98. The Kier molecular flexibility index (Phi) is 6.95. The van der Waals surface area contributed by atoms with Gasteiger partial charge in [-0.25, -0.2) is 0 Å². The molecule has 0 aliphatic heterocycles. The van der Waals surface area contributed by atoms with Gasteiger partial charge in [-0.1, -0.05) is 25.1 Å². The average molecular weight is 349 g/mol. The fourth-order valence-electron chi connectivity index (χ4n) is 2.13. The van der Waals surface area contributed by atoms with Crippen molar-refractivity contribution in [2.45, 2.75) is 32.0 Å². The average Bonchev–Trinajstić information content (AvgIpc) is 2.44. The van der Waals surface area contributed by atoms with Crippen molar-refractivity contribution >= 4 is 17.7 Å². The lowest BCUT2D eigenvalue weighted by molar-refractivity contribution is -0.137. The summed E-state index contributed by atoms with van der Waals surface area (Å²) in [6, 6.07) is 4.98. The number of rotatable bonds is 7. The van der Waals surface area contributed by atoms with Crippen LogP contribution < -0.4 is 5.32 Å². The molecule has 0 saturated carbocycles.